The summed E-state index contributed by atoms with van der Waals surface area (Å²) in [5.74, 6) is -1.11. The van der Waals surface area contributed by atoms with Gasteiger partial charge in [-0.2, -0.15) is 0 Å². The van der Waals surface area contributed by atoms with Crippen LogP contribution in [0.25, 0.3) is 0 Å². The largest absolute Gasteiger partial charge is 0.481 e. The van der Waals surface area contributed by atoms with E-state index in [9.17, 15) is 14.4 Å². The average Bonchev–Trinajstić information content (AvgIpc) is 2.58. The molecule has 1 aliphatic rings. The molecule has 1 aliphatic heterocycles. The van der Waals surface area contributed by atoms with Crippen LogP contribution in [0.1, 0.15) is 25.3 Å². The zero-order valence-corrected chi connectivity index (χ0v) is 14.4. The summed E-state index contributed by atoms with van der Waals surface area (Å²) >= 11 is 0. The first-order chi connectivity index (χ1) is 12.0. The van der Waals surface area contributed by atoms with Crippen molar-refractivity contribution < 1.29 is 24.2 Å². The molecule has 1 aromatic carbocycles. The van der Waals surface area contributed by atoms with E-state index in [2.05, 4.69) is 0 Å². The predicted octanol–water partition coefficient (Wildman–Crippen LogP) is 1.13. The van der Waals surface area contributed by atoms with E-state index >= 15 is 0 Å². The maximum absolute atomic E-state index is 12.4. The van der Waals surface area contributed by atoms with Crippen molar-refractivity contribution in [1.82, 2.24) is 9.80 Å². The van der Waals surface area contributed by atoms with Gasteiger partial charge in [0, 0.05) is 39.5 Å². The fraction of sp³-hybridized carbons (Fsp3) is 0.500. The van der Waals surface area contributed by atoms with Gasteiger partial charge in [-0.05, 0) is 5.56 Å². The third-order valence-corrected chi connectivity index (χ3v) is 4.15. The second-order valence-electron chi connectivity index (χ2n) is 6.11. The molecule has 25 heavy (non-hydrogen) atoms. The second kappa shape index (κ2) is 9.17. The Kier molecular flexibility index (Phi) is 6.94. The zero-order valence-electron chi connectivity index (χ0n) is 14.4. The van der Waals surface area contributed by atoms with Gasteiger partial charge in [-0.25, -0.2) is 0 Å². The van der Waals surface area contributed by atoms with E-state index in [-0.39, 0.29) is 31.2 Å². The van der Waals surface area contributed by atoms with Crippen LogP contribution in [0.5, 0.6) is 0 Å². The molecule has 2 amide bonds. The molecule has 1 saturated heterocycles. The van der Waals surface area contributed by atoms with Crippen molar-refractivity contribution in [1.29, 1.82) is 0 Å². The Morgan fingerprint density at radius 1 is 1.28 bits per heavy atom. The van der Waals surface area contributed by atoms with Crippen LogP contribution >= 0.6 is 0 Å². The van der Waals surface area contributed by atoms with E-state index in [1.165, 1.54) is 6.92 Å². The lowest BCUT2D eigenvalue weighted by Crippen LogP contribution is -2.47. The predicted molar refractivity (Wildman–Crippen MR) is 90.7 cm³/mol. The minimum Gasteiger partial charge on any atom is -0.481 e. The zero-order chi connectivity index (χ0) is 18.2. The number of carboxylic acids is 1. The van der Waals surface area contributed by atoms with E-state index in [0.29, 0.717) is 26.2 Å². The van der Waals surface area contributed by atoms with Crippen molar-refractivity contribution >= 4 is 17.8 Å². The lowest BCUT2D eigenvalue weighted by Gasteiger charge is -2.33. The molecule has 1 fully saturated rings. The lowest BCUT2D eigenvalue weighted by molar-refractivity contribution is -0.148. The van der Waals surface area contributed by atoms with Gasteiger partial charge in [0.05, 0.1) is 19.1 Å². The Balaban J connectivity index is 1.86. The number of aliphatic carboxylic acids is 1. The van der Waals surface area contributed by atoms with Gasteiger partial charge in [0.25, 0.3) is 0 Å². The first-order valence-corrected chi connectivity index (χ1v) is 8.36. The highest BCUT2D eigenvalue weighted by atomic mass is 16.5. The number of ether oxygens (including phenoxy) is 1. The molecule has 1 heterocycles. The van der Waals surface area contributed by atoms with Crippen molar-refractivity contribution in [2.45, 2.75) is 32.4 Å². The monoisotopic (exact) mass is 348 g/mol. The van der Waals surface area contributed by atoms with Crippen LogP contribution in [0.3, 0.4) is 0 Å². The maximum atomic E-state index is 12.4. The van der Waals surface area contributed by atoms with Gasteiger partial charge in [-0.15, -0.1) is 0 Å². The van der Waals surface area contributed by atoms with Gasteiger partial charge < -0.3 is 19.6 Å². The molecule has 136 valence electrons. The smallest absolute Gasteiger partial charge is 0.306 e. The topological polar surface area (TPSA) is 87.2 Å². The third kappa shape index (κ3) is 6.19. The van der Waals surface area contributed by atoms with Gasteiger partial charge in [0.15, 0.2) is 0 Å². The summed E-state index contributed by atoms with van der Waals surface area (Å²) in [6, 6.07) is 9.62. The van der Waals surface area contributed by atoms with Gasteiger partial charge in [0.2, 0.25) is 11.8 Å². The second-order valence-corrected chi connectivity index (χ2v) is 6.11. The number of hydrogen-bond acceptors (Lipinski definition) is 4. The Morgan fingerprint density at radius 2 is 2.00 bits per heavy atom. The number of carbonyl (C=O) groups excluding carboxylic acids is 2. The van der Waals surface area contributed by atoms with Crippen LogP contribution in [0.4, 0.5) is 0 Å². The number of amides is 2. The quantitative estimate of drug-likeness (QED) is 0.798. The van der Waals surface area contributed by atoms with Gasteiger partial charge in [0.1, 0.15) is 0 Å². The molecular formula is C18H24N2O5. The summed E-state index contributed by atoms with van der Waals surface area (Å²) in [6.07, 6.45) is -0.368. The molecule has 1 aromatic rings. The highest BCUT2D eigenvalue weighted by Crippen LogP contribution is 2.11. The van der Waals surface area contributed by atoms with Crippen LogP contribution in [-0.4, -0.2) is 65.0 Å². The van der Waals surface area contributed by atoms with E-state index < -0.39 is 12.1 Å². The van der Waals surface area contributed by atoms with Crippen LogP contribution in [0.15, 0.2) is 30.3 Å². The van der Waals surface area contributed by atoms with Gasteiger partial charge >= 0.3 is 5.97 Å². The van der Waals surface area contributed by atoms with Crippen LogP contribution < -0.4 is 0 Å². The van der Waals surface area contributed by atoms with Gasteiger partial charge in [-0.1, -0.05) is 30.3 Å². The SMILES string of the molecule is CC(=O)N(CCC(=O)N1CCO[C@@H](CC(=O)O)C1)Cc1ccccc1. The van der Waals surface area contributed by atoms with Crippen LogP contribution in [-0.2, 0) is 25.7 Å². The molecule has 7 nitrogen and oxygen atoms in total. The molecule has 0 aromatic heterocycles. The minimum atomic E-state index is -0.940. The molecule has 2 rings (SSSR count). The molecule has 0 aliphatic carbocycles. The molecule has 0 radical (unpaired) electrons. The molecule has 0 bridgehead atoms. The van der Waals surface area contributed by atoms with Gasteiger partial charge in [-0.3, -0.25) is 14.4 Å². The summed E-state index contributed by atoms with van der Waals surface area (Å²) in [7, 11) is 0. The summed E-state index contributed by atoms with van der Waals surface area (Å²) in [4.78, 5) is 38.3. The number of benzene rings is 1. The van der Waals surface area contributed by atoms with E-state index in [1.54, 1.807) is 9.80 Å². The molecule has 0 spiro atoms. The van der Waals surface area contributed by atoms with Crippen molar-refractivity contribution in [2.24, 2.45) is 0 Å². The van der Waals surface area contributed by atoms with E-state index in [0.717, 1.165) is 5.56 Å². The van der Waals surface area contributed by atoms with Crippen LogP contribution in [0.2, 0.25) is 0 Å². The standard InChI is InChI=1S/C18H24N2O5/c1-14(21)19(12-15-5-3-2-4-6-15)8-7-17(22)20-9-10-25-16(13-20)11-18(23)24/h2-6,16H,7-13H2,1H3,(H,23,24)/t16-/m0/s1. The lowest BCUT2D eigenvalue weighted by atomic mass is 10.2. The average molecular weight is 348 g/mol. The third-order valence-electron chi connectivity index (χ3n) is 4.15. The first kappa shape index (κ1) is 18.9. The number of carboxylic acid groups (broad SMARTS) is 1. The molecule has 1 N–H and O–H groups in total. The molecule has 0 saturated carbocycles. The van der Waals surface area contributed by atoms with Crippen molar-refractivity contribution in [3.8, 4) is 0 Å². The summed E-state index contributed by atoms with van der Waals surface area (Å²) in [6.45, 7) is 3.37. The fourth-order valence-corrected chi connectivity index (χ4v) is 2.80. The number of morpholine rings is 1. The normalized spacial score (nSPS) is 17.2. The molecule has 1 atom stereocenters. The molecule has 7 heteroatoms. The number of nitrogens with zero attached hydrogens (tertiary/aromatic N) is 2. The number of rotatable bonds is 7. The molecular weight excluding hydrogens is 324 g/mol. The summed E-state index contributed by atoms with van der Waals surface area (Å²) in [5.41, 5.74) is 1.01. The van der Waals surface area contributed by atoms with E-state index in [1.807, 2.05) is 30.3 Å². The summed E-state index contributed by atoms with van der Waals surface area (Å²) in [5, 5.41) is 8.84. The maximum Gasteiger partial charge on any atom is 0.306 e. The van der Waals surface area contributed by atoms with Crippen molar-refractivity contribution in [3.05, 3.63) is 35.9 Å². The summed E-state index contributed by atoms with van der Waals surface area (Å²) < 4.78 is 5.37. The van der Waals surface area contributed by atoms with Crippen molar-refractivity contribution in [3.63, 3.8) is 0 Å². The first-order valence-electron chi connectivity index (χ1n) is 8.36. The Hall–Kier alpha value is -2.41. The Morgan fingerprint density at radius 3 is 2.64 bits per heavy atom. The Bertz CT molecular complexity index is 605. The minimum absolute atomic E-state index is 0.0811. The number of carbonyl (C=O) groups is 3. The fourth-order valence-electron chi connectivity index (χ4n) is 2.80. The highest BCUT2D eigenvalue weighted by molar-refractivity contribution is 5.78. The highest BCUT2D eigenvalue weighted by Gasteiger charge is 2.26. The molecule has 0 unspecified atom stereocenters. The Labute approximate surface area is 147 Å². The van der Waals surface area contributed by atoms with Crippen molar-refractivity contribution in [2.75, 3.05) is 26.2 Å². The van der Waals surface area contributed by atoms with E-state index in [4.69, 9.17) is 9.84 Å². The van der Waals surface area contributed by atoms with Crippen LogP contribution in [0, 0.1) is 0 Å². The number of hydrogen-bond donors (Lipinski definition) is 1.